The van der Waals surface area contributed by atoms with E-state index in [4.69, 9.17) is 5.11 Å². The van der Waals surface area contributed by atoms with Crippen LogP contribution in [0.3, 0.4) is 0 Å². The van der Waals surface area contributed by atoms with E-state index in [9.17, 15) is 4.79 Å². The topological polar surface area (TPSA) is 47.0 Å². The van der Waals surface area contributed by atoms with E-state index < -0.39 is 6.09 Å². The molecule has 3 heterocycles. The van der Waals surface area contributed by atoms with Crippen LogP contribution >= 0.6 is 0 Å². The van der Waals surface area contributed by atoms with Crippen LogP contribution in [0.5, 0.6) is 0 Å². The molecule has 1 aliphatic carbocycles. The Labute approximate surface area is 139 Å². The van der Waals surface area contributed by atoms with E-state index >= 15 is 0 Å². The lowest BCUT2D eigenvalue weighted by Crippen LogP contribution is -2.55. The van der Waals surface area contributed by atoms with Crippen LogP contribution in [-0.4, -0.2) is 77.8 Å². The van der Waals surface area contributed by atoms with Gasteiger partial charge in [0, 0.05) is 25.2 Å². The largest absolute Gasteiger partial charge is 0.465 e. The van der Waals surface area contributed by atoms with E-state index in [1.54, 1.807) is 4.90 Å². The standard InChI is InChI=1S/C18H31N3O2/c1-19-7-2-3-16(19)14-4-8-20(9-5-14)15-11-18(12-15)6-10-21(13-18)17(22)23/h14-16H,2-13H2,1H3,(H,22,23). The van der Waals surface area contributed by atoms with Crippen molar-refractivity contribution < 1.29 is 9.90 Å². The third kappa shape index (κ3) is 2.86. The van der Waals surface area contributed by atoms with Crippen molar-refractivity contribution in [3.05, 3.63) is 0 Å². The number of piperidine rings is 1. The van der Waals surface area contributed by atoms with E-state index in [0.717, 1.165) is 37.5 Å². The molecule has 23 heavy (non-hydrogen) atoms. The molecule has 1 N–H and O–H groups in total. The summed E-state index contributed by atoms with van der Waals surface area (Å²) < 4.78 is 0. The number of hydrogen-bond acceptors (Lipinski definition) is 3. The molecule has 1 unspecified atom stereocenters. The third-order valence-electron chi connectivity index (χ3n) is 7.26. The van der Waals surface area contributed by atoms with Crippen molar-refractivity contribution in [1.82, 2.24) is 14.7 Å². The number of likely N-dealkylation sites (tertiary alicyclic amines) is 3. The molecule has 4 rings (SSSR count). The fourth-order valence-electron chi connectivity index (χ4n) is 5.83. The summed E-state index contributed by atoms with van der Waals surface area (Å²) in [5.74, 6) is 0.904. The molecule has 3 aliphatic heterocycles. The molecular formula is C18H31N3O2. The number of carbonyl (C=O) groups is 1. The molecule has 0 aromatic rings. The molecular weight excluding hydrogens is 290 g/mol. The van der Waals surface area contributed by atoms with Gasteiger partial charge in [0.15, 0.2) is 0 Å². The fraction of sp³-hybridized carbons (Fsp3) is 0.944. The molecule has 1 spiro atoms. The third-order valence-corrected chi connectivity index (χ3v) is 7.26. The minimum atomic E-state index is -0.730. The Bertz CT molecular complexity index is 455. The summed E-state index contributed by atoms with van der Waals surface area (Å²) in [5.41, 5.74) is 0.325. The molecule has 5 nitrogen and oxygen atoms in total. The average molecular weight is 321 g/mol. The Morgan fingerprint density at radius 1 is 1.09 bits per heavy atom. The molecule has 4 aliphatic rings. The molecule has 1 saturated carbocycles. The number of hydrogen-bond donors (Lipinski definition) is 1. The lowest BCUT2D eigenvalue weighted by atomic mass is 9.64. The normalized spacial score (nSPS) is 40.0. The summed E-state index contributed by atoms with van der Waals surface area (Å²) in [6, 6.07) is 1.56. The highest BCUT2D eigenvalue weighted by molar-refractivity contribution is 5.65. The van der Waals surface area contributed by atoms with E-state index in [-0.39, 0.29) is 0 Å². The molecule has 1 amide bonds. The lowest BCUT2D eigenvalue weighted by Gasteiger charge is -2.52. The monoisotopic (exact) mass is 321 g/mol. The van der Waals surface area contributed by atoms with E-state index in [0.29, 0.717) is 5.41 Å². The molecule has 3 saturated heterocycles. The molecule has 5 heteroatoms. The minimum absolute atomic E-state index is 0.325. The second kappa shape index (κ2) is 5.92. The Hall–Kier alpha value is -0.810. The van der Waals surface area contributed by atoms with Crippen molar-refractivity contribution in [3.8, 4) is 0 Å². The fourth-order valence-corrected chi connectivity index (χ4v) is 5.83. The second-order valence-corrected chi connectivity index (χ2v) is 8.58. The number of nitrogens with zero attached hydrogens (tertiary/aromatic N) is 3. The van der Waals surface area contributed by atoms with Crippen molar-refractivity contribution in [1.29, 1.82) is 0 Å². The summed E-state index contributed by atoms with van der Waals surface area (Å²) in [6.07, 6.45) is 8.31. The number of amides is 1. The van der Waals surface area contributed by atoms with E-state index in [1.165, 1.54) is 58.2 Å². The molecule has 0 radical (unpaired) electrons. The highest BCUT2D eigenvalue weighted by Crippen LogP contribution is 2.50. The quantitative estimate of drug-likeness (QED) is 0.848. The first kappa shape index (κ1) is 15.7. The summed E-state index contributed by atoms with van der Waals surface area (Å²) in [4.78, 5) is 18.0. The highest BCUT2D eigenvalue weighted by atomic mass is 16.4. The van der Waals surface area contributed by atoms with Gasteiger partial charge >= 0.3 is 6.09 Å². The van der Waals surface area contributed by atoms with Crippen LogP contribution in [0.15, 0.2) is 0 Å². The van der Waals surface area contributed by atoms with E-state index in [2.05, 4.69) is 16.8 Å². The van der Waals surface area contributed by atoms with Crippen molar-refractivity contribution in [2.75, 3.05) is 39.8 Å². The molecule has 130 valence electrons. The lowest BCUT2D eigenvalue weighted by molar-refractivity contribution is -0.0143. The van der Waals surface area contributed by atoms with Gasteiger partial charge in [-0.15, -0.1) is 0 Å². The van der Waals surface area contributed by atoms with Crippen LogP contribution in [0, 0.1) is 11.3 Å². The Kier molecular flexibility index (Phi) is 4.04. The molecule has 0 bridgehead atoms. The first-order valence-electron chi connectivity index (χ1n) is 9.48. The van der Waals surface area contributed by atoms with Crippen molar-refractivity contribution in [2.24, 2.45) is 11.3 Å². The van der Waals surface area contributed by atoms with Gasteiger partial charge in [-0.2, -0.15) is 0 Å². The predicted molar refractivity (Wildman–Crippen MR) is 89.6 cm³/mol. The maximum absolute atomic E-state index is 11.1. The van der Waals surface area contributed by atoms with Crippen LogP contribution in [0.1, 0.15) is 44.9 Å². The molecule has 1 atom stereocenters. The highest BCUT2D eigenvalue weighted by Gasteiger charge is 2.51. The zero-order valence-electron chi connectivity index (χ0n) is 14.4. The maximum Gasteiger partial charge on any atom is 0.407 e. The Morgan fingerprint density at radius 2 is 1.83 bits per heavy atom. The minimum Gasteiger partial charge on any atom is -0.465 e. The van der Waals surface area contributed by atoms with Crippen molar-refractivity contribution in [2.45, 2.75) is 57.0 Å². The van der Waals surface area contributed by atoms with Gasteiger partial charge in [-0.25, -0.2) is 4.79 Å². The first-order chi connectivity index (χ1) is 11.1. The van der Waals surface area contributed by atoms with Crippen LogP contribution in [0.25, 0.3) is 0 Å². The molecule has 0 aromatic heterocycles. The number of rotatable bonds is 2. The first-order valence-corrected chi connectivity index (χ1v) is 9.48. The zero-order chi connectivity index (χ0) is 16.0. The van der Waals surface area contributed by atoms with Crippen molar-refractivity contribution in [3.63, 3.8) is 0 Å². The second-order valence-electron chi connectivity index (χ2n) is 8.58. The van der Waals surface area contributed by atoms with Crippen LogP contribution in [-0.2, 0) is 0 Å². The van der Waals surface area contributed by atoms with Gasteiger partial charge in [-0.05, 0) is 83.0 Å². The van der Waals surface area contributed by atoms with Crippen molar-refractivity contribution >= 4 is 6.09 Å². The summed E-state index contributed by atoms with van der Waals surface area (Å²) in [6.45, 7) is 5.34. The summed E-state index contributed by atoms with van der Waals surface area (Å²) in [5, 5.41) is 9.15. The van der Waals surface area contributed by atoms with Gasteiger partial charge in [0.25, 0.3) is 0 Å². The van der Waals surface area contributed by atoms with Gasteiger partial charge in [0.2, 0.25) is 0 Å². The molecule has 4 fully saturated rings. The predicted octanol–water partition coefficient (Wildman–Crippen LogP) is 2.33. The van der Waals surface area contributed by atoms with Gasteiger partial charge in [-0.1, -0.05) is 0 Å². The van der Waals surface area contributed by atoms with Gasteiger partial charge < -0.3 is 19.8 Å². The maximum atomic E-state index is 11.1. The van der Waals surface area contributed by atoms with E-state index in [1.807, 2.05) is 0 Å². The smallest absolute Gasteiger partial charge is 0.407 e. The molecule has 0 aromatic carbocycles. The zero-order valence-corrected chi connectivity index (χ0v) is 14.4. The average Bonchev–Trinajstić information content (AvgIpc) is 3.12. The summed E-state index contributed by atoms with van der Waals surface area (Å²) >= 11 is 0. The van der Waals surface area contributed by atoms with Gasteiger partial charge in [-0.3, -0.25) is 0 Å². The van der Waals surface area contributed by atoms with Crippen LogP contribution in [0.4, 0.5) is 4.79 Å². The Balaban J connectivity index is 1.24. The Morgan fingerprint density at radius 3 is 2.39 bits per heavy atom. The number of carboxylic acid groups (broad SMARTS) is 1. The van der Waals surface area contributed by atoms with Gasteiger partial charge in [0.1, 0.15) is 0 Å². The van der Waals surface area contributed by atoms with Crippen LogP contribution < -0.4 is 0 Å². The summed E-state index contributed by atoms with van der Waals surface area (Å²) in [7, 11) is 2.30. The van der Waals surface area contributed by atoms with Gasteiger partial charge in [0.05, 0.1) is 0 Å². The SMILES string of the molecule is CN1CCCC1C1CCN(C2CC3(CCN(C(=O)O)C3)C2)CC1. The van der Waals surface area contributed by atoms with Crippen LogP contribution in [0.2, 0.25) is 0 Å².